The van der Waals surface area contributed by atoms with E-state index in [0.717, 1.165) is 5.01 Å². The summed E-state index contributed by atoms with van der Waals surface area (Å²) >= 11 is 1.27. The van der Waals surface area contributed by atoms with E-state index in [4.69, 9.17) is 0 Å². The Morgan fingerprint density at radius 1 is 1.35 bits per heavy atom. The van der Waals surface area contributed by atoms with Crippen LogP contribution in [0.2, 0.25) is 0 Å². The molecule has 0 saturated heterocycles. The van der Waals surface area contributed by atoms with E-state index in [2.05, 4.69) is 15.5 Å². The molecular weight excluding hydrogens is 241 g/mol. The molecule has 0 aliphatic rings. The fraction of sp³-hybridized carbons (Fsp3) is 0.182. The van der Waals surface area contributed by atoms with E-state index in [9.17, 15) is 9.18 Å². The fourth-order valence-corrected chi connectivity index (χ4v) is 1.84. The number of carbonyl (C=O) groups is 1. The predicted molar refractivity (Wildman–Crippen MR) is 63.7 cm³/mol. The van der Waals surface area contributed by atoms with Crippen LogP contribution in [-0.4, -0.2) is 16.1 Å². The summed E-state index contributed by atoms with van der Waals surface area (Å²) in [7, 11) is 0. The van der Waals surface area contributed by atoms with Gasteiger partial charge >= 0.3 is 0 Å². The number of rotatable bonds is 2. The summed E-state index contributed by atoms with van der Waals surface area (Å²) in [4.78, 5) is 11.7. The summed E-state index contributed by atoms with van der Waals surface area (Å²) < 4.78 is 13.3. The second-order valence-electron chi connectivity index (χ2n) is 3.54. The van der Waals surface area contributed by atoms with Crippen LogP contribution in [0.1, 0.15) is 20.9 Å². The van der Waals surface area contributed by atoms with Gasteiger partial charge in [-0.3, -0.25) is 10.1 Å². The van der Waals surface area contributed by atoms with Gasteiger partial charge < -0.3 is 0 Å². The van der Waals surface area contributed by atoms with E-state index in [1.54, 1.807) is 26.0 Å². The van der Waals surface area contributed by atoms with Crippen molar-refractivity contribution in [3.63, 3.8) is 0 Å². The molecule has 1 amide bonds. The molecule has 1 heterocycles. The van der Waals surface area contributed by atoms with Crippen molar-refractivity contribution < 1.29 is 9.18 Å². The van der Waals surface area contributed by atoms with Gasteiger partial charge in [0.05, 0.1) is 0 Å². The number of aromatic nitrogens is 2. The molecule has 0 unspecified atom stereocenters. The van der Waals surface area contributed by atoms with Gasteiger partial charge in [-0.05, 0) is 31.5 Å². The Hall–Kier alpha value is -1.82. The second-order valence-corrected chi connectivity index (χ2v) is 4.73. The van der Waals surface area contributed by atoms with E-state index in [-0.39, 0.29) is 11.5 Å². The molecule has 4 nitrogen and oxygen atoms in total. The summed E-state index contributed by atoms with van der Waals surface area (Å²) in [5.74, 6) is -0.786. The number of nitrogens with zero attached hydrogens (tertiary/aromatic N) is 2. The van der Waals surface area contributed by atoms with Crippen molar-refractivity contribution in [1.29, 1.82) is 0 Å². The molecule has 0 atom stereocenters. The van der Waals surface area contributed by atoms with Crippen LogP contribution in [0.3, 0.4) is 0 Å². The quantitative estimate of drug-likeness (QED) is 0.892. The predicted octanol–water partition coefficient (Wildman–Crippen LogP) is 2.55. The number of nitrogens with one attached hydrogen (secondary N) is 1. The number of hydrogen-bond acceptors (Lipinski definition) is 4. The normalized spacial score (nSPS) is 10.3. The van der Waals surface area contributed by atoms with Crippen LogP contribution in [-0.2, 0) is 0 Å². The van der Waals surface area contributed by atoms with E-state index >= 15 is 0 Å². The molecule has 0 aliphatic carbocycles. The molecule has 2 aromatic rings. The molecule has 88 valence electrons. The van der Waals surface area contributed by atoms with Gasteiger partial charge in [0, 0.05) is 5.56 Å². The third-order valence-electron chi connectivity index (χ3n) is 2.18. The van der Waals surface area contributed by atoms with Crippen molar-refractivity contribution in [2.24, 2.45) is 0 Å². The molecule has 1 N–H and O–H groups in total. The summed E-state index contributed by atoms with van der Waals surface area (Å²) in [6, 6.07) is 4.34. The van der Waals surface area contributed by atoms with Gasteiger partial charge in [-0.15, -0.1) is 10.2 Å². The topological polar surface area (TPSA) is 54.9 Å². The largest absolute Gasteiger partial charge is 0.296 e. The first-order chi connectivity index (χ1) is 8.06. The minimum atomic E-state index is -0.397. The monoisotopic (exact) mass is 251 g/mol. The molecule has 1 aromatic carbocycles. The van der Waals surface area contributed by atoms with Gasteiger partial charge in [0.2, 0.25) is 5.13 Å². The SMILES string of the molecule is Cc1nnc(NC(=O)c2ccc(C)c(F)c2)s1. The zero-order chi connectivity index (χ0) is 12.4. The Bertz CT molecular complexity index is 568. The van der Waals surface area contributed by atoms with Crippen molar-refractivity contribution in [1.82, 2.24) is 10.2 Å². The van der Waals surface area contributed by atoms with Gasteiger partial charge in [-0.2, -0.15) is 0 Å². The summed E-state index contributed by atoms with van der Waals surface area (Å²) in [5, 5.41) is 11.3. The van der Waals surface area contributed by atoms with Gasteiger partial charge in [-0.1, -0.05) is 17.4 Å². The van der Waals surface area contributed by atoms with E-state index in [0.29, 0.717) is 10.7 Å². The third-order valence-corrected chi connectivity index (χ3v) is 2.93. The first kappa shape index (κ1) is 11.7. The highest BCUT2D eigenvalue weighted by Gasteiger charge is 2.10. The Labute approximate surface area is 102 Å². The maximum Gasteiger partial charge on any atom is 0.257 e. The lowest BCUT2D eigenvalue weighted by Gasteiger charge is -2.02. The van der Waals surface area contributed by atoms with Crippen molar-refractivity contribution in [2.75, 3.05) is 5.32 Å². The van der Waals surface area contributed by atoms with Crippen LogP contribution in [0.4, 0.5) is 9.52 Å². The van der Waals surface area contributed by atoms with Crippen LogP contribution in [0, 0.1) is 19.7 Å². The number of benzene rings is 1. The van der Waals surface area contributed by atoms with Crippen molar-refractivity contribution in [3.05, 3.63) is 40.2 Å². The molecule has 6 heteroatoms. The minimum Gasteiger partial charge on any atom is -0.296 e. The summed E-state index contributed by atoms with van der Waals surface area (Å²) in [6.07, 6.45) is 0. The average molecular weight is 251 g/mol. The lowest BCUT2D eigenvalue weighted by Crippen LogP contribution is -2.12. The van der Waals surface area contributed by atoms with E-state index in [1.807, 2.05) is 0 Å². The zero-order valence-electron chi connectivity index (χ0n) is 9.32. The van der Waals surface area contributed by atoms with Crippen molar-refractivity contribution in [3.8, 4) is 0 Å². The zero-order valence-corrected chi connectivity index (χ0v) is 10.1. The number of aryl methyl sites for hydroxylation is 2. The van der Waals surface area contributed by atoms with Gasteiger partial charge in [0.1, 0.15) is 10.8 Å². The Morgan fingerprint density at radius 2 is 2.12 bits per heavy atom. The standard InChI is InChI=1S/C11H10FN3OS/c1-6-3-4-8(5-9(6)12)10(16)13-11-15-14-7(2)17-11/h3-5H,1-2H3,(H,13,15,16). The van der Waals surface area contributed by atoms with Crippen LogP contribution >= 0.6 is 11.3 Å². The number of halogens is 1. The second kappa shape index (κ2) is 4.58. The molecule has 0 bridgehead atoms. The Morgan fingerprint density at radius 3 is 2.71 bits per heavy atom. The molecule has 17 heavy (non-hydrogen) atoms. The summed E-state index contributed by atoms with van der Waals surface area (Å²) in [6.45, 7) is 3.43. The highest BCUT2D eigenvalue weighted by molar-refractivity contribution is 7.15. The molecule has 0 radical (unpaired) electrons. The molecule has 1 aromatic heterocycles. The van der Waals surface area contributed by atoms with Crippen LogP contribution in [0.25, 0.3) is 0 Å². The Balaban J connectivity index is 2.17. The van der Waals surface area contributed by atoms with Crippen LogP contribution in [0.5, 0.6) is 0 Å². The molecule has 0 spiro atoms. The molecule has 0 saturated carbocycles. The van der Waals surface area contributed by atoms with Gasteiger partial charge in [-0.25, -0.2) is 4.39 Å². The average Bonchev–Trinajstić information content (AvgIpc) is 2.68. The van der Waals surface area contributed by atoms with Crippen LogP contribution < -0.4 is 5.32 Å². The number of anilines is 1. The number of carbonyl (C=O) groups excluding carboxylic acids is 1. The van der Waals surface area contributed by atoms with E-state index in [1.165, 1.54) is 17.4 Å². The van der Waals surface area contributed by atoms with Gasteiger partial charge in [0.25, 0.3) is 5.91 Å². The fourth-order valence-electron chi connectivity index (χ4n) is 1.25. The number of amides is 1. The maximum atomic E-state index is 13.3. The third kappa shape index (κ3) is 2.65. The van der Waals surface area contributed by atoms with E-state index < -0.39 is 5.82 Å². The molecular formula is C11H10FN3OS. The van der Waals surface area contributed by atoms with Crippen molar-refractivity contribution >= 4 is 22.4 Å². The minimum absolute atomic E-state index is 0.265. The Kier molecular flexibility index (Phi) is 3.14. The number of hydrogen-bond donors (Lipinski definition) is 1. The molecule has 0 fully saturated rings. The molecule has 0 aliphatic heterocycles. The lowest BCUT2D eigenvalue weighted by molar-refractivity contribution is 0.102. The smallest absolute Gasteiger partial charge is 0.257 e. The first-order valence-corrected chi connectivity index (χ1v) is 5.75. The van der Waals surface area contributed by atoms with Crippen LogP contribution in [0.15, 0.2) is 18.2 Å². The first-order valence-electron chi connectivity index (χ1n) is 4.94. The van der Waals surface area contributed by atoms with Gasteiger partial charge in [0.15, 0.2) is 0 Å². The summed E-state index contributed by atoms with van der Waals surface area (Å²) in [5.41, 5.74) is 0.772. The highest BCUT2D eigenvalue weighted by atomic mass is 32.1. The maximum absolute atomic E-state index is 13.3. The van der Waals surface area contributed by atoms with Crippen molar-refractivity contribution in [2.45, 2.75) is 13.8 Å². The highest BCUT2D eigenvalue weighted by Crippen LogP contribution is 2.16. The lowest BCUT2D eigenvalue weighted by atomic mass is 10.1. The molecule has 2 rings (SSSR count).